The van der Waals surface area contributed by atoms with Crippen LogP contribution >= 0.6 is 0 Å². The van der Waals surface area contributed by atoms with Crippen LogP contribution in [0.3, 0.4) is 0 Å². The molecule has 0 bridgehead atoms. The van der Waals surface area contributed by atoms with Gasteiger partial charge in [-0.15, -0.1) is 10.2 Å². The minimum absolute atomic E-state index is 0.142. The van der Waals surface area contributed by atoms with Crippen LogP contribution in [0.5, 0.6) is 0 Å². The number of fused-ring (bicyclic) bond motifs is 1. The van der Waals surface area contributed by atoms with Crippen LogP contribution < -0.4 is 10.5 Å². The molecule has 0 spiro atoms. The zero-order chi connectivity index (χ0) is 15.8. The minimum Gasteiger partial charge on any atom is -0.352 e. The highest BCUT2D eigenvalue weighted by Crippen LogP contribution is 2.27. The number of nitrogens with zero attached hydrogens (tertiary/aromatic N) is 6. The Morgan fingerprint density at radius 1 is 1.22 bits per heavy atom. The number of rotatable bonds is 2. The van der Waals surface area contributed by atoms with Crippen molar-refractivity contribution < 1.29 is 0 Å². The zero-order valence-electron chi connectivity index (χ0n) is 12.8. The van der Waals surface area contributed by atoms with Crippen LogP contribution in [-0.4, -0.2) is 42.9 Å². The van der Waals surface area contributed by atoms with Gasteiger partial charge in [0.1, 0.15) is 0 Å². The summed E-state index contributed by atoms with van der Waals surface area (Å²) in [6, 6.07) is 3.87. The van der Waals surface area contributed by atoms with E-state index in [1.807, 2.05) is 28.5 Å². The first-order valence-electron chi connectivity index (χ1n) is 7.70. The van der Waals surface area contributed by atoms with Gasteiger partial charge in [-0.2, -0.15) is 9.61 Å². The molecule has 8 nitrogen and oxygen atoms in total. The molecular formula is C15H17N7O. The van der Waals surface area contributed by atoms with Crippen LogP contribution in [-0.2, 0) is 0 Å². The van der Waals surface area contributed by atoms with E-state index in [9.17, 15) is 4.79 Å². The van der Waals surface area contributed by atoms with E-state index in [1.54, 1.807) is 12.4 Å². The van der Waals surface area contributed by atoms with Crippen molar-refractivity contribution in [3.8, 4) is 0 Å². The lowest BCUT2D eigenvalue weighted by Crippen LogP contribution is -2.37. The summed E-state index contributed by atoms with van der Waals surface area (Å²) in [4.78, 5) is 20.7. The van der Waals surface area contributed by atoms with Crippen molar-refractivity contribution in [1.82, 2.24) is 29.8 Å². The summed E-state index contributed by atoms with van der Waals surface area (Å²) < 4.78 is 1.84. The van der Waals surface area contributed by atoms with Crippen LogP contribution in [0.1, 0.15) is 30.3 Å². The molecule has 3 aromatic rings. The molecule has 1 saturated heterocycles. The summed E-state index contributed by atoms with van der Waals surface area (Å²) in [7, 11) is 0. The fourth-order valence-corrected chi connectivity index (χ4v) is 3.07. The predicted octanol–water partition coefficient (Wildman–Crippen LogP) is 0.900. The lowest BCUT2D eigenvalue weighted by atomic mass is 9.96. The fraction of sp³-hybridized carbons (Fsp3) is 0.400. The molecule has 4 rings (SSSR count). The number of aromatic amines is 1. The Morgan fingerprint density at radius 2 is 2.04 bits per heavy atom. The molecule has 4 heterocycles. The topological polar surface area (TPSA) is 92.1 Å². The Balaban J connectivity index is 1.56. The number of nitrogens with one attached hydrogen (secondary N) is 1. The van der Waals surface area contributed by atoms with E-state index in [0.29, 0.717) is 11.7 Å². The summed E-state index contributed by atoms with van der Waals surface area (Å²) in [5.41, 5.74) is 1.57. The van der Waals surface area contributed by atoms with Gasteiger partial charge in [-0.05, 0) is 31.9 Å². The maximum Gasteiger partial charge on any atom is 0.290 e. The van der Waals surface area contributed by atoms with Gasteiger partial charge < -0.3 is 9.88 Å². The highest BCUT2D eigenvalue weighted by Gasteiger charge is 2.26. The third-order valence-electron chi connectivity index (χ3n) is 4.27. The number of aryl methyl sites for hydroxylation is 1. The minimum atomic E-state index is -0.142. The maximum absolute atomic E-state index is 11.8. The van der Waals surface area contributed by atoms with E-state index in [1.165, 1.54) is 0 Å². The standard InChI is InChI=1S/C15H17N7O/c1-10-2-3-12-18-19-13(22(12)20-10)11-4-8-21(9-5-11)14-15(23)17-7-6-16-14/h2-3,6-7,11H,4-5,8-9H2,1H3,(H,17,23). The molecule has 0 unspecified atom stereocenters. The third kappa shape index (κ3) is 2.45. The first-order valence-corrected chi connectivity index (χ1v) is 7.70. The van der Waals surface area contributed by atoms with Crippen LogP contribution in [0.4, 0.5) is 5.82 Å². The number of anilines is 1. The molecule has 0 radical (unpaired) electrons. The number of aromatic nitrogens is 6. The van der Waals surface area contributed by atoms with Crippen molar-refractivity contribution in [3.05, 3.63) is 46.4 Å². The Hall–Kier alpha value is -2.77. The largest absolute Gasteiger partial charge is 0.352 e. The van der Waals surface area contributed by atoms with Gasteiger partial charge in [0.05, 0.1) is 5.69 Å². The van der Waals surface area contributed by atoms with E-state index in [0.717, 1.165) is 43.1 Å². The van der Waals surface area contributed by atoms with Crippen LogP contribution in [0.25, 0.3) is 5.65 Å². The second kappa shape index (κ2) is 5.45. The predicted molar refractivity (Wildman–Crippen MR) is 84.6 cm³/mol. The van der Waals surface area contributed by atoms with Crippen LogP contribution in [0, 0.1) is 6.92 Å². The highest BCUT2D eigenvalue weighted by molar-refractivity contribution is 5.38. The molecule has 3 aromatic heterocycles. The van der Waals surface area contributed by atoms with E-state index >= 15 is 0 Å². The van der Waals surface area contributed by atoms with Gasteiger partial charge >= 0.3 is 0 Å². The number of piperidine rings is 1. The van der Waals surface area contributed by atoms with Gasteiger partial charge in [-0.1, -0.05) is 0 Å². The van der Waals surface area contributed by atoms with Crippen molar-refractivity contribution in [2.45, 2.75) is 25.7 Å². The first-order chi connectivity index (χ1) is 11.2. The fourth-order valence-electron chi connectivity index (χ4n) is 3.07. The van der Waals surface area contributed by atoms with E-state index in [4.69, 9.17) is 0 Å². The van der Waals surface area contributed by atoms with Crippen molar-refractivity contribution in [1.29, 1.82) is 0 Å². The van der Waals surface area contributed by atoms with Crippen molar-refractivity contribution in [2.75, 3.05) is 18.0 Å². The van der Waals surface area contributed by atoms with E-state index in [-0.39, 0.29) is 5.56 Å². The van der Waals surface area contributed by atoms with Gasteiger partial charge in [0.25, 0.3) is 5.56 Å². The monoisotopic (exact) mass is 311 g/mol. The molecule has 1 N–H and O–H groups in total. The summed E-state index contributed by atoms with van der Waals surface area (Å²) in [6.45, 7) is 3.50. The number of hydrogen-bond donors (Lipinski definition) is 1. The summed E-state index contributed by atoms with van der Waals surface area (Å²) in [5.74, 6) is 1.68. The normalized spacial score (nSPS) is 16.1. The molecule has 0 aliphatic carbocycles. The second-order valence-corrected chi connectivity index (χ2v) is 5.81. The molecule has 23 heavy (non-hydrogen) atoms. The molecule has 1 aliphatic heterocycles. The summed E-state index contributed by atoms with van der Waals surface area (Å²) >= 11 is 0. The Morgan fingerprint density at radius 3 is 2.83 bits per heavy atom. The molecule has 1 aliphatic rings. The smallest absolute Gasteiger partial charge is 0.290 e. The lowest BCUT2D eigenvalue weighted by Gasteiger charge is -2.31. The van der Waals surface area contributed by atoms with E-state index < -0.39 is 0 Å². The quantitative estimate of drug-likeness (QED) is 0.756. The number of H-pyrrole nitrogens is 1. The van der Waals surface area contributed by atoms with Gasteiger partial charge in [-0.25, -0.2) is 4.98 Å². The number of hydrogen-bond acceptors (Lipinski definition) is 6. The molecule has 118 valence electrons. The van der Waals surface area contributed by atoms with Crippen molar-refractivity contribution in [3.63, 3.8) is 0 Å². The lowest BCUT2D eigenvalue weighted by molar-refractivity contribution is 0.473. The van der Waals surface area contributed by atoms with Crippen molar-refractivity contribution in [2.24, 2.45) is 0 Å². The van der Waals surface area contributed by atoms with Gasteiger partial charge in [-0.3, -0.25) is 4.79 Å². The van der Waals surface area contributed by atoms with Gasteiger partial charge in [0.15, 0.2) is 17.3 Å². The molecule has 0 atom stereocenters. The Kier molecular flexibility index (Phi) is 3.29. The zero-order valence-corrected chi connectivity index (χ0v) is 12.8. The van der Waals surface area contributed by atoms with Gasteiger partial charge in [0, 0.05) is 31.4 Å². The average molecular weight is 311 g/mol. The second-order valence-electron chi connectivity index (χ2n) is 5.81. The SMILES string of the molecule is Cc1ccc2nnc(C3CCN(c4ncc[nH]c4=O)CC3)n2n1. The average Bonchev–Trinajstić information content (AvgIpc) is 2.98. The Labute approximate surface area is 132 Å². The van der Waals surface area contributed by atoms with Crippen LogP contribution in [0.2, 0.25) is 0 Å². The first kappa shape index (κ1) is 13.9. The molecule has 0 amide bonds. The summed E-state index contributed by atoms with van der Waals surface area (Å²) in [5, 5.41) is 13.0. The van der Waals surface area contributed by atoms with Gasteiger partial charge in [0.2, 0.25) is 0 Å². The summed E-state index contributed by atoms with van der Waals surface area (Å²) in [6.07, 6.45) is 4.95. The molecule has 0 aromatic carbocycles. The molecule has 1 fully saturated rings. The highest BCUT2D eigenvalue weighted by atomic mass is 16.1. The van der Waals surface area contributed by atoms with Crippen LogP contribution in [0.15, 0.2) is 29.3 Å². The third-order valence-corrected chi connectivity index (χ3v) is 4.27. The van der Waals surface area contributed by atoms with E-state index in [2.05, 4.69) is 25.3 Å². The molecule has 0 saturated carbocycles. The van der Waals surface area contributed by atoms with Crippen molar-refractivity contribution >= 4 is 11.5 Å². The molecular weight excluding hydrogens is 294 g/mol. The molecule has 8 heteroatoms. The maximum atomic E-state index is 11.8. The Bertz CT molecular complexity index is 892.